The number of anilines is 1. The largest absolute Gasteiger partial charge is 0.355 e. The van der Waals surface area contributed by atoms with Crippen LogP contribution in [0.1, 0.15) is 35.7 Å². The van der Waals surface area contributed by atoms with Crippen LogP contribution in [0.25, 0.3) is 0 Å². The molecule has 3 rings (SSSR count). The van der Waals surface area contributed by atoms with E-state index >= 15 is 0 Å². The van der Waals surface area contributed by atoms with E-state index < -0.39 is 0 Å². The monoisotopic (exact) mass is 331 g/mol. The quantitative estimate of drug-likeness (QED) is 0.791. The Hall–Kier alpha value is -1.42. The van der Waals surface area contributed by atoms with Gasteiger partial charge in [-0.1, -0.05) is 24.3 Å². The van der Waals surface area contributed by atoms with Gasteiger partial charge in [0.25, 0.3) is 0 Å². The van der Waals surface area contributed by atoms with Gasteiger partial charge in [-0.25, -0.2) is 9.97 Å². The van der Waals surface area contributed by atoms with Crippen molar-refractivity contribution in [2.45, 2.75) is 32.2 Å². The molecule has 0 spiro atoms. The second-order valence-corrected chi connectivity index (χ2v) is 6.28. The molecule has 0 radical (unpaired) electrons. The lowest BCUT2D eigenvalue weighted by atomic mass is 10.1. The zero-order valence-electron chi connectivity index (χ0n) is 11.8. The summed E-state index contributed by atoms with van der Waals surface area (Å²) in [7, 11) is 2.08. The lowest BCUT2D eigenvalue weighted by molar-refractivity contribution is 0.845. The zero-order valence-corrected chi connectivity index (χ0v) is 13.4. The first kappa shape index (κ1) is 13.6. The number of hydrogen-bond donors (Lipinski definition) is 0. The van der Waals surface area contributed by atoms with Gasteiger partial charge in [0.15, 0.2) is 0 Å². The number of aromatic nitrogens is 2. The standard InChI is InChI=1S/C16H18BrN3/c1-11-5-3-4-6-13(11)10-20(2)15-9-14(17)18-16(19-15)12-7-8-12/h3-6,9,12H,7-8,10H2,1-2H3. The van der Waals surface area contributed by atoms with Gasteiger partial charge in [0, 0.05) is 25.6 Å². The highest BCUT2D eigenvalue weighted by molar-refractivity contribution is 9.10. The van der Waals surface area contributed by atoms with Gasteiger partial charge in [-0.2, -0.15) is 0 Å². The minimum Gasteiger partial charge on any atom is -0.355 e. The summed E-state index contributed by atoms with van der Waals surface area (Å²) in [6, 6.07) is 10.5. The molecule has 0 atom stereocenters. The zero-order chi connectivity index (χ0) is 14.1. The second-order valence-electron chi connectivity index (χ2n) is 5.46. The van der Waals surface area contributed by atoms with Crippen molar-refractivity contribution in [1.29, 1.82) is 0 Å². The molecule has 0 aliphatic heterocycles. The van der Waals surface area contributed by atoms with Crippen LogP contribution in [0.4, 0.5) is 5.82 Å². The van der Waals surface area contributed by atoms with Crippen LogP contribution >= 0.6 is 15.9 Å². The van der Waals surface area contributed by atoms with Crippen LogP contribution in [0.5, 0.6) is 0 Å². The predicted octanol–water partition coefficient (Wildman–Crippen LogP) is 4.06. The van der Waals surface area contributed by atoms with Gasteiger partial charge < -0.3 is 4.90 Å². The Morgan fingerprint density at radius 1 is 1.25 bits per heavy atom. The van der Waals surface area contributed by atoms with Crippen molar-refractivity contribution >= 4 is 21.7 Å². The molecule has 1 fully saturated rings. The number of rotatable bonds is 4. The molecule has 2 aromatic rings. The molecule has 1 aliphatic carbocycles. The molecule has 3 nitrogen and oxygen atoms in total. The number of halogens is 1. The van der Waals surface area contributed by atoms with Crippen LogP contribution < -0.4 is 4.90 Å². The van der Waals surface area contributed by atoms with Gasteiger partial charge in [0.2, 0.25) is 0 Å². The van der Waals surface area contributed by atoms with Crippen molar-refractivity contribution in [3.63, 3.8) is 0 Å². The predicted molar refractivity (Wildman–Crippen MR) is 85.0 cm³/mol. The van der Waals surface area contributed by atoms with Gasteiger partial charge >= 0.3 is 0 Å². The van der Waals surface area contributed by atoms with E-state index in [-0.39, 0.29) is 0 Å². The maximum absolute atomic E-state index is 4.71. The van der Waals surface area contributed by atoms with Crippen LogP contribution in [0.2, 0.25) is 0 Å². The normalized spacial score (nSPS) is 14.3. The van der Waals surface area contributed by atoms with Crippen molar-refractivity contribution in [3.05, 3.63) is 51.9 Å². The molecule has 0 unspecified atom stereocenters. The summed E-state index contributed by atoms with van der Waals surface area (Å²) >= 11 is 3.50. The Kier molecular flexibility index (Phi) is 3.74. The number of aryl methyl sites for hydroxylation is 1. The van der Waals surface area contributed by atoms with Crippen molar-refractivity contribution in [3.8, 4) is 0 Å². The summed E-state index contributed by atoms with van der Waals surface area (Å²) in [6.45, 7) is 3.01. The topological polar surface area (TPSA) is 29.0 Å². The Balaban J connectivity index is 1.83. The van der Waals surface area contributed by atoms with E-state index in [0.717, 1.165) is 22.8 Å². The molecule has 1 aromatic carbocycles. The minimum absolute atomic E-state index is 0.568. The van der Waals surface area contributed by atoms with Gasteiger partial charge in [0.1, 0.15) is 16.2 Å². The Morgan fingerprint density at radius 3 is 2.70 bits per heavy atom. The highest BCUT2D eigenvalue weighted by Gasteiger charge is 2.27. The molecule has 1 saturated carbocycles. The van der Waals surface area contributed by atoms with Gasteiger partial charge in [0.05, 0.1) is 0 Å². The number of nitrogens with zero attached hydrogens (tertiary/aromatic N) is 3. The maximum Gasteiger partial charge on any atom is 0.135 e. The molecule has 4 heteroatoms. The third kappa shape index (κ3) is 3.01. The van der Waals surface area contributed by atoms with E-state index in [9.17, 15) is 0 Å². The van der Waals surface area contributed by atoms with E-state index in [1.807, 2.05) is 6.07 Å². The summed E-state index contributed by atoms with van der Waals surface area (Å²) in [5.74, 6) is 2.53. The first-order valence-corrected chi connectivity index (χ1v) is 7.73. The maximum atomic E-state index is 4.71. The molecule has 0 N–H and O–H groups in total. The van der Waals surface area contributed by atoms with E-state index in [0.29, 0.717) is 5.92 Å². The third-order valence-electron chi connectivity index (χ3n) is 3.70. The third-order valence-corrected chi connectivity index (χ3v) is 4.11. The summed E-state index contributed by atoms with van der Waals surface area (Å²) in [5, 5.41) is 0. The van der Waals surface area contributed by atoms with Crippen molar-refractivity contribution in [1.82, 2.24) is 9.97 Å². The Morgan fingerprint density at radius 2 is 2.00 bits per heavy atom. The molecule has 104 valence electrons. The van der Waals surface area contributed by atoms with Crippen LogP contribution in [-0.2, 0) is 6.54 Å². The molecule has 1 aromatic heterocycles. The lowest BCUT2D eigenvalue weighted by Crippen LogP contribution is -2.19. The van der Waals surface area contributed by atoms with Crippen LogP contribution in [0, 0.1) is 6.92 Å². The van der Waals surface area contributed by atoms with Crippen molar-refractivity contribution < 1.29 is 0 Å². The van der Waals surface area contributed by atoms with Crippen molar-refractivity contribution in [2.24, 2.45) is 0 Å². The van der Waals surface area contributed by atoms with Gasteiger partial charge in [-0.05, 0) is 46.8 Å². The number of hydrogen-bond acceptors (Lipinski definition) is 3. The molecular weight excluding hydrogens is 314 g/mol. The number of benzene rings is 1. The average Bonchev–Trinajstić information content (AvgIpc) is 3.25. The molecule has 1 heterocycles. The molecule has 1 aliphatic rings. The Labute approximate surface area is 128 Å². The molecule has 20 heavy (non-hydrogen) atoms. The Bertz CT molecular complexity index is 623. The fraction of sp³-hybridized carbons (Fsp3) is 0.375. The summed E-state index contributed by atoms with van der Waals surface area (Å²) in [6.07, 6.45) is 2.44. The smallest absolute Gasteiger partial charge is 0.135 e. The van der Waals surface area contributed by atoms with Crippen LogP contribution in [0.15, 0.2) is 34.9 Å². The summed E-state index contributed by atoms with van der Waals surface area (Å²) in [5.41, 5.74) is 2.65. The molecule has 0 bridgehead atoms. The summed E-state index contributed by atoms with van der Waals surface area (Å²) in [4.78, 5) is 11.4. The highest BCUT2D eigenvalue weighted by Crippen LogP contribution is 2.39. The van der Waals surface area contributed by atoms with E-state index in [1.54, 1.807) is 0 Å². The minimum atomic E-state index is 0.568. The van der Waals surface area contributed by atoms with E-state index in [2.05, 4.69) is 64.1 Å². The fourth-order valence-electron chi connectivity index (χ4n) is 2.27. The van der Waals surface area contributed by atoms with E-state index in [1.165, 1.54) is 24.0 Å². The first-order valence-electron chi connectivity index (χ1n) is 6.93. The van der Waals surface area contributed by atoms with Gasteiger partial charge in [-0.15, -0.1) is 0 Å². The average molecular weight is 332 g/mol. The lowest BCUT2D eigenvalue weighted by Gasteiger charge is -2.20. The molecular formula is C16H18BrN3. The van der Waals surface area contributed by atoms with E-state index in [4.69, 9.17) is 4.98 Å². The molecule has 0 saturated heterocycles. The SMILES string of the molecule is Cc1ccccc1CN(C)c1cc(Br)nc(C2CC2)n1. The van der Waals surface area contributed by atoms with Crippen molar-refractivity contribution in [2.75, 3.05) is 11.9 Å². The van der Waals surface area contributed by atoms with Crippen LogP contribution in [0.3, 0.4) is 0 Å². The fourth-order valence-corrected chi connectivity index (χ4v) is 2.65. The van der Waals surface area contributed by atoms with Gasteiger partial charge in [-0.3, -0.25) is 0 Å². The second kappa shape index (κ2) is 5.52. The summed E-state index contributed by atoms with van der Waals surface area (Å²) < 4.78 is 0.876. The molecule has 0 amide bonds. The van der Waals surface area contributed by atoms with Crippen LogP contribution in [-0.4, -0.2) is 17.0 Å². The highest BCUT2D eigenvalue weighted by atomic mass is 79.9. The first-order chi connectivity index (χ1) is 9.63.